The third kappa shape index (κ3) is 2.35. The van der Waals surface area contributed by atoms with Crippen LogP contribution in [0.1, 0.15) is 24.3 Å². The van der Waals surface area contributed by atoms with E-state index in [4.69, 9.17) is 5.73 Å². The number of anilines is 1. The Morgan fingerprint density at radius 2 is 2.24 bits per heavy atom. The van der Waals surface area contributed by atoms with Crippen molar-refractivity contribution in [2.75, 3.05) is 5.73 Å². The van der Waals surface area contributed by atoms with E-state index in [0.29, 0.717) is 17.8 Å². The minimum Gasteiger partial charge on any atom is -0.398 e. The summed E-state index contributed by atoms with van der Waals surface area (Å²) in [5, 5.41) is 14.5. The average molecular weight is 296 g/mol. The molecule has 2 rings (SSSR count). The standard InChI is InChI=1S/C12H14BrN3O/c1-2-16-11(5-6-15-16)12(17)9-7-8(13)3-4-10(9)14/h3-7,12,17H,2,14H2,1H3. The predicted molar refractivity (Wildman–Crippen MR) is 70.5 cm³/mol. The van der Waals surface area contributed by atoms with Crippen molar-refractivity contribution in [3.63, 3.8) is 0 Å². The number of aliphatic hydroxyl groups is 1. The molecule has 4 nitrogen and oxygen atoms in total. The van der Waals surface area contributed by atoms with Crippen LogP contribution >= 0.6 is 15.9 Å². The van der Waals surface area contributed by atoms with Gasteiger partial charge < -0.3 is 10.8 Å². The van der Waals surface area contributed by atoms with Crippen LogP contribution in [0.4, 0.5) is 5.69 Å². The third-order valence-corrected chi connectivity index (χ3v) is 3.17. The van der Waals surface area contributed by atoms with Crippen LogP contribution in [0.5, 0.6) is 0 Å². The van der Waals surface area contributed by atoms with Crippen molar-refractivity contribution in [1.82, 2.24) is 9.78 Å². The van der Waals surface area contributed by atoms with Crippen LogP contribution in [0.3, 0.4) is 0 Å². The first-order valence-electron chi connectivity index (χ1n) is 5.38. The van der Waals surface area contributed by atoms with Crippen molar-refractivity contribution in [3.05, 3.63) is 46.2 Å². The fourth-order valence-corrected chi connectivity index (χ4v) is 2.16. The van der Waals surface area contributed by atoms with Gasteiger partial charge in [0.1, 0.15) is 6.10 Å². The number of halogens is 1. The number of nitrogens with zero attached hydrogens (tertiary/aromatic N) is 2. The van der Waals surface area contributed by atoms with Crippen LogP contribution in [-0.2, 0) is 6.54 Å². The van der Waals surface area contributed by atoms with Crippen LogP contribution in [0.25, 0.3) is 0 Å². The van der Waals surface area contributed by atoms with E-state index in [1.807, 2.05) is 19.1 Å². The maximum absolute atomic E-state index is 10.3. The highest BCUT2D eigenvalue weighted by molar-refractivity contribution is 9.10. The fourth-order valence-electron chi connectivity index (χ4n) is 1.78. The summed E-state index contributed by atoms with van der Waals surface area (Å²) in [6.07, 6.45) is 0.922. The van der Waals surface area contributed by atoms with Gasteiger partial charge in [0, 0.05) is 28.5 Å². The summed E-state index contributed by atoms with van der Waals surface area (Å²) >= 11 is 3.37. The first kappa shape index (κ1) is 12.1. The SMILES string of the molecule is CCn1nccc1C(O)c1cc(Br)ccc1N. The Morgan fingerprint density at radius 1 is 1.47 bits per heavy atom. The molecule has 5 heteroatoms. The molecule has 3 N–H and O–H groups in total. The Kier molecular flexibility index (Phi) is 3.49. The Morgan fingerprint density at radius 3 is 2.94 bits per heavy atom. The molecule has 1 atom stereocenters. The van der Waals surface area contributed by atoms with E-state index in [-0.39, 0.29) is 0 Å². The quantitative estimate of drug-likeness (QED) is 0.854. The predicted octanol–water partition coefficient (Wildman–Crippen LogP) is 2.33. The van der Waals surface area contributed by atoms with Crippen molar-refractivity contribution >= 4 is 21.6 Å². The maximum atomic E-state index is 10.3. The van der Waals surface area contributed by atoms with Gasteiger partial charge in [0.25, 0.3) is 0 Å². The Balaban J connectivity index is 2.43. The largest absolute Gasteiger partial charge is 0.398 e. The van der Waals surface area contributed by atoms with Gasteiger partial charge in [-0.1, -0.05) is 15.9 Å². The number of rotatable bonds is 3. The van der Waals surface area contributed by atoms with Crippen LogP contribution in [0.15, 0.2) is 34.9 Å². The molecule has 0 aliphatic heterocycles. The lowest BCUT2D eigenvalue weighted by Crippen LogP contribution is -2.10. The van der Waals surface area contributed by atoms with Crippen LogP contribution in [0, 0.1) is 0 Å². The minimum atomic E-state index is -0.755. The second-order valence-electron chi connectivity index (χ2n) is 3.75. The number of aryl methyl sites for hydroxylation is 1. The number of aromatic nitrogens is 2. The fraction of sp³-hybridized carbons (Fsp3) is 0.250. The van der Waals surface area contributed by atoms with Crippen molar-refractivity contribution < 1.29 is 5.11 Å². The zero-order valence-corrected chi connectivity index (χ0v) is 11.1. The van der Waals surface area contributed by atoms with Gasteiger partial charge in [-0.2, -0.15) is 5.10 Å². The lowest BCUT2D eigenvalue weighted by Gasteiger charge is -2.15. The van der Waals surface area contributed by atoms with Gasteiger partial charge in [0.15, 0.2) is 0 Å². The normalized spacial score (nSPS) is 12.6. The number of nitrogens with two attached hydrogens (primary N) is 1. The summed E-state index contributed by atoms with van der Waals surface area (Å²) < 4.78 is 2.65. The highest BCUT2D eigenvalue weighted by Crippen LogP contribution is 2.29. The zero-order chi connectivity index (χ0) is 12.4. The molecule has 90 valence electrons. The van der Waals surface area contributed by atoms with E-state index in [0.717, 1.165) is 10.2 Å². The van der Waals surface area contributed by atoms with Crippen LogP contribution in [0.2, 0.25) is 0 Å². The van der Waals surface area contributed by atoms with Gasteiger partial charge in [-0.05, 0) is 31.2 Å². The molecule has 1 aromatic carbocycles. The number of hydrogen-bond acceptors (Lipinski definition) is 3. The van der Waals surface area contributed by atoms with Crippen molar-refractivity contribution in [2.24, 2.45) is 0 Å². The lowest BCUT2D eigenvalue weighted by atomic mass is 10.0. The Labute approximate surface area is 108 Å². The summed E-state index contributed by atoms with van der Waals surface area (Å²) in [4.78, 5) is 0. The second-order valence-corrected chi connectivity index (χ2v) is 4.66. The number of benzene rings is 1. The zero-order valence-electron chi connectivity index (χ0n) is 9.47. The van der Waals surface area contributed by atoms with E-state index in [9.17, 15) is 5.11 Å². The van der Waals surface area contributed by atoms with Gasteiger partial charge >= 0.3 is 0 Å². The van der Waals surface area contributed by atoms with Gasteiger partial charge in [0.2, 0.25) is 0 Å². The maximum Gasteiger partial charge on any atom is 0.123 e. The molecule has 1 unspecified atom stereocenters. The Hall–Kier alpha value is -1.33. The molecule has 0 bridgehead atoms. The first-order chi connectivity index (χ1) is 8.13. The molecule has 0 saturated carbocycles. The summed E-state index contributed by atoms with van der Waals surface area (Å²) in [5.74, 6) is 0. The third-order valence-electron chi connectivity index (χ3n) is 2.67. The van der Waals surface area contributed by atoms with Crippen molar-refractivity contribution in [3.8, 4) is 0 Å². The van der Waals surface area contributed by atoms with E-state index in [1.54, 1.807) is 23.0 Å². The van der Waals surface area contributed by atoms with E-state index in [2.05, 4.69) is 21.0 Å². The topological polar surface area (TPSA) is 64.1 Å². The molecule has 1 aromatic heterocycles. The van der Waals surface area contributed by atoms with Gasteiger partial charge in [0.05, 0.1) is 5.69 Å². The van der Waals surface area contributed by atoms with Gasteiger partial charge in [-0.25, -0.2) is 0 Å². The van der Waals surface area contributed by atoms with Crippen LogP contribution < -0.4 is 5.73 Å². The van der Waals surface area contributed by atoms with Crippen molar-refractivity contribution in [1.29, 1.82) is 0 Å². The molecular formula is C12H14BrN3O. The van der Waals surface area contributed by atoms with E-state index < -0.39 is 6.10 Å². The summed E-state index contributed by atoms with van der Waals surface area (Å²) in [6.45, 7) is 2.70. The molecule has 0 aliphatic rings. The van der Waals surface area contributed by atoms with E-state index >= 15 is 0 Å². The number of hydrogen-bond donors (Lipinski definition) is 2. The monoisotopic (exact) mass is 295 g/mol. The molecule has 0 fully saturated rings. The summed E-state index contributed by atoms with van der Waals surface area (Å²) in [5.41, 5.74) is 7.89. The summed E-state index contributed by atoms with van der Waals surface area (Å²) in [7, 11) is 0. The Bertz CT molecular complexity index is 524. The highest BCUT2D eigenvalue weighted by atomic mass is 79.9. The molecule has 1 heterocycles. The lowest BCUT2D eigenvalue weighted by molar-refractivity contribution is 0.208. The summed E-state index contributed by atoms with van der Waals surface area (Å²) in [6, 6.07) is 7.25. The van der Waals surface area contributed by atoms with E-state index in [1.165, 1.54) is 0 Å². The molecule has 0 spiro atoms. The highest BCUT2D eigenvalue weighted by Gasteiger charge is 2.17. The number of nitrogen functional groups attached to an aromatic ring is 1. The molecule has 0 radical (unpaired) electrons. The molecule has 17 heavy (non-hydrogen) atoms. The molecule has 0 saturated heterocycles. The average Bonchev–Trinajstić information content (AvgIpc) is 2.79. The van der Waals surface area contributed by atoms with Gasteiger partial charge in [-0.3, -0.25) is 4.68 Å². The smallest absolute Gasteiger partial charge is 0.123 e. The van der Waals surface area contributed by atoms with Crippen LogP contribution in [-0.4, -0.2) is 14.9 Å². The van der Waals surface area contributed by atoms with Gasteiger partial charge in [-0.15, -0.1) is 0 Å². The molecule has 0 amide bonds. The molecule has 0 aliphatic carbocycles. The molecular weight excluding hydrogens is 282 g/mol. The first-order valence-corrected chi connectivity index (χ1v) is 6.17. The minimum absolute atomic E-state index is 0.574. The molecule has 2 aromatic rings. The number of aliphatic hydroxyl groups excluding tert-OH is 1. The van der Waals surface area contributed by atoms with Crippen molar-refractivity contribution in [2.45, 2.75) is 19.6 Å². The second kappa shape index (κ2) is 4.89.